The van der Waals surface area contributed by atoms with Crippen LogP contribution in [0.5, 0.6) is 5.75 Å². The normalized spacial score (nSPS) is 10.1. The Kier molecular flexibility index (Phi) is 3.77. The minimum Gasteiger partial charge on any atom is -0.493 e. The molecule has 0 fully saturated rings. The number of benzene rings is 1. The zero-order valence-electron chi connectivity index (χ0n) is 8.64. The minimum atomic E-state index is -0.740. The molecule has 0 radical (unpaired) electrons. The maximum absolute atomic E-state index is 13.2. The Morgan fingerprint density at radius 3 is 2.60 bits per heavy atom. The van der Waals surface area contributed by atoms with Gasteiger partial charge in [0.05, 0.1) is 7.11 Å². The highest BCUT2D eigenvalue weighted by molar-refractivity contribution is 5.75. The van der Waals surface area contributed by atoms with Crippen LogP contribution in [0.15, 0.2) is 12.1 Å². The van der Waals surface area contributed by atoms with Crippen LogP contribution in [0.2, 0.25) is 0 Å². The molecule has 0 spiro atoms. The van der Waals surface area contributed by atoms with Crippen molar-refractivity contribution >= 4 is 5.78 Å². The van der Waals surface area contributed by atoms with Gasteiger partial charge in [-0.2, -0.15) is 0 Å². The number of aryl methyl sites for hydroxylation is 1. The van der Waals surface area contributed by atoms with Crippen molar-refractivity contribution in [1.29, 1.82) is 0 Å². The van der Waals surface area contributed by atoms with E-state index in [1.807, 2.05) is 0 Å². The third kappa shape index (κ3) is 3.01. The number of halogens is 2. The summed E-state index contributed by atoms with van der Waals surface area (Å²) in [6.45, 7) is 1.43. The van der Waals surface area contributed by atoms with Gasteiger partial charge in [-0.15, -0.1) is 0 Å². The summed E-state index contributed by atoms with van der Waals surface area (Å²) in [6, 6.07) is 1.95. The number of ether oxygens (including phenoxy) is 1. The van der Waals surface area contributed by atoms with E-state index in [4.69, 9.17) is 4.74 Å². The number of rotatable bonds is 4. The van der Waals surface area contributed by atoms with Crippen LogP contribution in [0, 0.1) is 11.6 Å². The maximum Gasteiger partial charge on any atom is 0.168 e. The summed E-state index contributed by atoms with van der Waals surface area (Å²) in [5.74, 6) is -1.41. The molecule has 0 amide bonds. The predicted molar refractivity (Wildman–Crippen MR) is 51.9 cm³/mol. The Bertz CT molecular complexity index is 375. The molecule has 0 N–H and O–H groups in total. The Balaban J connectivity index is 2.98. The molecule has 1 aromatic carbocycles. The van der Waals surface area contributed by atoms with Gasteiger partial charge >= 0.3 is 0 Å². The fourth-order valence-electron chi connectivity index (χ4n) is 1.34. The number of hydrogen-bond donors (Lipinski definition) is 0. The van der Waals surface area contributed by atoms with Crippen LogP contribution in [-0.4, -0.2) is 12.9 Å². The molecule has 0 heterocycles. The molecular formula is C11H12F2O2. The van der Waals surface area contributed by atoms with Gasteiger partial charge in [0, 0.05) is 18.1 Å². The summed E-state index contributed by atoms with van der Waals surface area (Å²) in [4.78, 5) is 10.8. The van der Waals surface area contributed by atoms with Crippen molar-refractivity contribution in [2.24, 2.45) is 0 Å². The van der Waals surface area contributed by atoms with E-state index in [0.717, 1.165) is 6.07 Å². The van der Waals surface area contributed by atoms with Crippen molar-refractivity contribution in [1.82, 2.24) is 0 Å². The Morgan fingerprint density at radius 2 is 2.07 bits per heavy atom. The Labute approximate surface area is 86.9 Å². The van der Waals surface area contributed by atoms with Gasteiger partial charge in [0.2, 0.25) is 0 Å². The van der Waals surface area contributed by atoms with Gasteiger partial charge in [-0.1, -0.05) is 0 Å². The molecule has 1 aromatic rings. The van der Waals surface area contributed by atoms with Gasteiger partial charge in [0.25, 0.3) is 0 Å². The SMILES string of the molecule is COc1c(F)cc(F)cc1CCC(C)=O. The first-order valence-electron chi connectivity index (χ1n) is 4.56. The third-order valence-corrected chi connectivity index (χ3v) is 2.04. The van der Waals surface area contributed by atoms with E-state index < -0.39 is 11.6 Å². The van der Waals surface area contributed by atoms with Crippen LogP contribution in [0.3, 0.4) is 0 Å². The van der Waals surface area contributed by atoms with Gasteiger partial charge in [-0.05, 0) is 19.4 Å². The van der Waals surface area contributed by atoms with Crippen molar-refractivity contribution in [3.8, 4) is 5.75 Å². The third-order valence-electron chi connectivity index (χ3n) is 2.04. The molecule has 0 saturated heterocycles. The van der Waals surface area contributed by atoms with Crippen LogP contribution < -0.4 is 4.74 Å². The highest BCUT2D eigenvalue weighted by Gasteiger charge is 2.12. The molecule has 82 valence electrons. The minimum absolute atomic E-state index is 0.0117. The second kappa shape index (κ2) is 4.87. The molecule has 1 rings (SSSR count). The molecule has 0 aliphatic heterocycles. The zero-order chi connectivity index (χ0) is 11.4. The van der Waals surface area contributed by atoms with E-state index in [-0.39, 0.29) is 24.4 Å². The van der Waals surface area contributed by atoms with Crippen molar-refractivity contribution < 1.29 is 18.3 Å². The van der Waals surface area contributed by atoms with Crippen LogP contribution in [-0.2, 0) is 11.2 Å². The van der Waals surface area contributed by atoms with Crippen molar-refractivity contribution in [2.45, 2.75) is 19.8 Å². The number of Topliss-reactive ketones (excluding diaryl/α,β-unsaturated/α-hetero) is 1. The van der Waals surface area contributed by atoms with E-state index in [1.165, 1.54) is 20.1 Å². The first-order valence-corrected chi connectivity index (χ1v) is 4.56. The molecule has 0 unspecified atom stereocenters. The van der Waals surface area contributed by atoms with E-state index >= 15 is 0 Å². The number of carbonyl (C=O) groups is 1. The Morgan fingerprint density at radius 1 is 1.40 bits per heavy atom. The fraction of sp³-hybridized carbons (Fsp3) is 0.364. The number of ketones is 1. The predicted octanol–water partition coefficient (Wildman–Crippen LogP) is 2.50. The molecule has 0 bridgehead atoms. The second-order valence-electron chi connectivity index (χ2n) is 3.28. The molecule has 0 atom stereocenters. The Hall–Kier alpha value is -1.45. The summed E-state index contributed by atoms with van der Waals surface area (Å²) in [6.07, 6.45) is 0.534. The fourth-order valence-corrected chi connectivity index (χ4v) is 1.34. The van der Waals surface area contributed by atoms with Crippen molar-refractivity contribution in [2.75, 3.05) is 7.11 Å². The lowest BCUT2D eigenvalue weighted by atomic mass is 10.1. The van der Waals surface area contributed by atoms with Crippen LogP contribution in [0.1, 0.15) is 18.9 Å². The molecule has 2 nitrogen and oxygen atoms in total. The van der Waals surface area contributed by atoms with Crippen molar-refractivity contribution in [3.05, 3.63) is 29.3 Å². The highest BCUT2D eigenvalue weighted by atomic mass is 19.1. The average Bonchev–Trinajstić information content (AvgIpc) is 2.13. The summed E-state index contributed by atoms with van der Waals surface area (Å²) < 4.78 is 30.9. The zero-order valence-corrected chi connectivity index (χ0v) is 8.64. The lowest BCUT2D eigenvalue weighted by molar-refractivity contribution is -0.116. The maximum atomic E-state index is 13.2. The summed E-state index contributed by atoms with van der Waals surface area (Å²) in [5.41, 5.74) is 0.380. The number of methoxy groups -OCH3 is 1. The number of carbonyl (C=O) groups excluding carboxylic acids is 1. The van der Waals surface area contributed by atoms with Crippen LogP contribution in [0.25, 0.3) is 0 Å². The lowest BCUT2D eigenvalue weighted by Gasteiger charge is -2.08. The second-order valence-corrected chi connectivity index (χ2v) is 3.28. The van der Waals surface area contributed by atoms with E-state index in [0.29, 0.717) is 5.56 Å². The van der Waals surface area contributed by atoms with Crippen LogP contribution >= 0.6 is 0 Å². The average molecular weight is 214 g/mol. The van der Waals surface area contributed by atoms with Gasteiger partial charge in [0.15, 0.2) is 11.6 Å². The summed E-state index contributed by atoms with van der Waals surface area (Å²) >= 11 is 0. The lowest BCUT2D eigenvalue weighted by Crippen LogP contribution is -2.00. The summed E-state index contributed by atoms with van der Waals surface area (Å²) in [7, 11) is 1.31. The van der Waals surface area contributed by atoms with Crippen LogP contribution in [0.4, 0.5) is 8.78 Å². The van der Waals surface area contributed by atoms with E-state index in [2.05, 4.69) is 0 Å². The summed E-state index contributed by atoms with van der Waals surface area (Å²) in [5, 5.41) is 0. The van der Waals surface area contributed by atoms with Crippen molar-refractivity contribution in [3.63, 3.8) is 0 Å². The molecular weight excluding hydrogens is 202 g/mol. The van der Waals surface area contributed by atoms with E-state index in [9.17, 15) is 13.6 Å². The highest BCUT2D eigenvalue weighted by Crippen LogP contribution is 2.25. The quantitative estimate of drug-likeness (QED) is 0.769. The topological polar surface area (TPSA) is 26.3 Å². The largest absolute Gasteiger partial charge is 0.493 e. The number of hydrogen-bond acceptors (Lipinski definition) is 2. The van der Waals surface area contributed by atoms with Gasteiger partial charge in [-0.3, -0.25) is 0 Å². The smallest absolute Gasteiger partial charge is 0.168 e. The van der Waals surface area contributed by atoms with Gasteiger partial charge in [0.1, 0.15) is 11.6 Å². The molecule has 0 aliphatic carbocycles. The molecule has 15 heavy (non-hydrogen) atoms. The van der Waals surface area contributed by atoms with Gasteiger partial charge < -0.3 is 9.53 Å². The molecule has 0 saturated carbocycles. The first kappa shape index (κ1) is 11.6. The monoisotopic (exact) mass is 214 g/mol. The first-order chi connectivity index (χ1) is 7.04. The van der Waals surface area contributed by atoms with E-state index in [1.54, 1.807) is 0 Å². The standard InChI is InChI=1S/C11H12F2O2/c1-7(14)3-4-8-5-9(12)6-10(13)11(8)15-2/h5-6H,3-4H2,1-2H3. The molecule has 0 aliphatic rings. The molecule has 4 heteroatoms. The molecule has 0 aromatic heterocycles. The van der Waals surface area contributed by atoms with Gasteiger partial charge in [-0.25, -0.2) is 8.78 Å².